The van der Waals surface area contributed by atoms with Gasteiger partial charge >= 0.3 is 0 Å². The highest BCUT2D eigenvalue weighted by molar-refractivity contribution is 7.10. The van der Waals surface area contributed by atoms with Crippen molar-refractivity contribution >= 4 is 28.8 Å². The van der Waals surface area contributed by atoms with Crippen LogP contribution in [0.15, 0.2) is 11.4 Å². The summed E-state index contributed by atoms with van der Waals surface area (Å²) in [7, 11) is 0. The lowest BCUT2D eigenvalue weighted by atomic mass is 10.1. The fraction of sp³-hybridized carbons (Fsp3) is 0.444. The lowest BCUT2D eigenvalue weighted by molar-refractivity contribution is -0.129. The van der Waals surface area contributed by atoms with Crippen molar-refractivity contribution in [3.63, 3.8) is 0 Å². The van der Waals surface area contributed by atoms with Gasteiger partial charge in [0.25, 0.3) is 0 Å². The Labute approximate surface area is 86.1 Å². The van der Waals surface area contributed by atoms with Crippen LogP contribution in [0, 0.1) is 0 Å². The molecule has 1 aromatic rings. The number of carbonyl (C=O) groups is 1. The van der Waals surface area contributed by atoms with Gasteiger partial charge < -0.3 is 4.90 Å². The Bertz CT molecular complexity index is 323. The molecule has 1 aromatic heterocycles. The second-order valence-electron chi connectivity index (χ2n) is 3.07. The summed E-state index contributed by atoms with van der Waals surface area (Å²) >= 11 is 7.27. The number of thiophene rings is 1. The Kier molecular flexibility index (Phi) is 2.56. The number of alkyl halides is 1. The zero-order valence-electron chi connectivity index (χ0n) is 7.12. The smallest absolute Gasteiger partial charge is 0.237 e. The van der Waals surface area contributed by atoms with Gasteiger partial charge in [0, 0.05) is 18.0 Å². The summed E-state index contributed by atoms with van der Waals surface area (Å²) in [6.45, 7) is 1.56. The standard InChI is InChI=1S/C9H10ClNOS/c10-5-9(12)11-3-1-8-7(6-11)2-4-13-8/h2,4H,1,3,5-6H2. The average molecular weight is 216 g/mol. The predicted octanol–water partition coefficient (Wildman–Crippen LogP) is 1.87. The zero-order valence-corrected chi connectivity index (χ0v) is 8.70. The number of nitrogens with zero attached hydrogens (tertiary/aromatic N) is 1. The van der Waals surface area contributed by atoms with Gasteiger partial charge in [0.1, 0.15) is 5.88 Å². The first-order valence-electron chi connectivity index (χ1n) is 4.20. The fourth-order valence-corrected chi connectivity index (χ4v) is 2.60. The van der Waals surface area contributed by atoms with E-state index in [0.717, 1.165) is 19.5 Å². The molecule has 0 bridgehead atoms. The van der Waals surface area contributed by atoms with Crippen molar-refractivity contribution in [2.24, 2.45) is 0 Å². The molecule has 70 valence electrons. The van der Waals surface area contributed by atoms with Crippen LogP contribution in [0.1, 0.15) is 10.4 Å². The molecule has 0 saturated heterocycles. The largest absolute Gasteiger partial charge is 0.337 e. The van der Waals surface area contributed by atoms with Crippen LogP contribution < -0.4 is 0 Å². The predicted molar refractivity (Wildman–Crippen MR) is 54.2 cm³/mol. The average Bonchev–Trinajstić information content (AvgIpc) is 2.63. The van der Waals surface area contributed by atoms with E-state index in [1.165, 1.54) is 10.4 Å². The fourth-order valence-electron chi connectivity index (χ4n) is 1.55. The van der Waals surface area contributed by atoms with Gasteiger partial charge in [-0.1, -0.05) is 0 Å². The van der Waals surface area contributed by atoms with Crippen molar-refractivity contribution in [1.82, 2.24) is 4.90 Å². The maximum absolute atomic E-state index is 11.3. The number of fused-ring (bicyclic) bond motifs is 1. The SMILES string of the molecule is O=C(CCl)N1CCc2sccc2C1. The van der Waals surface area contributed by atoms with E-state index < -0.39 is 0 Å². The molecule has 13 heavy (non-hydrogen) atoms. The van der Waals surface area contributed by atoms with Crippen LogP contribution in [0.4, 0.5) is 0 Å². The highest BCUT2D eigenvalue weighted by Crippen LogP contribution is 2.23. The normalized spacial score (nSPS) is 15.6. The molecule has 2 heterocycles. The Morgan fingerprint density at radius 2 is 2.54 bits per heavy atom. The molecule has 0 aromatic carbocycles. The van der Waals surface area contributed by atoms with Gasteiger partial charge in [0.05, 0.1) is 0 Å². The summed E-state index contributed by atoms with van der Waals surface area (Å²) in [5.74, 6) is 0.137. The molecule has 0 saturated carbocycles. The van der Waals surface area contributed by atoms with Gasteiger partial charge in [0.15, 0.2) is 0 Å². The van der Waals surface area contributed by atoms with E-state index in [9.17, 15) is 4.79 Å². The summed E-state index contributed by atoms with van der Waals surface area (Å²) in [5, 5.41) is 2.08. The van der Waals surface area contributed by atoms with Crippen molar-refractivity contribution in [2.45, 2.75) is 13.0 Å². The van der Waals surface area contributed by atoms with Crippen LogP contribution in [0.2, 0.25) is 0 Å². The second-order valence-corrected chi connectivity index (χ2v) is 4.34. The van der Waals surface area contributed by atoms with Gasteiger partial charge in [-0.2, -0.15) is 0 Å². The highest BCUT2D eigenvalue weighted by Gasteiger charge is 2.20. The first-order chi connectivity index (χ1) is 6.31. The highest BCUT2D eigenvalue weighted by atomic mass is 35.5. The zero-order chi connectivity index (χ0) is 9.26. The summed E-state index contributed by atoms with van der Waals surface area (Å²) < 4.78 is 0. The molecular formula is C9H10ClNOS. The molecule has 1 aliphatic rings. The van der Waals surface area contributed by atoms with E-state index in [4.69, 9.17) is 11.6 Å². The third kappa shape index (κ3) is 1.71. The molecule has 0 radical (unpaired) electrons. The van der Waals surface area contributed by atoms with Crippen molar-refractivity contribution in [2.75, 3.05) is 12.4 Å². The van der Waals surface area contributed by atoms with Gasteiger partial charge in [-0.05, 0) is 23.4 Å². The van der Waals surface area contributed by atoms with E-state index in [2.05, 4.69) is 11.4 Å². The minimum atomic E-state index is 0.0403. The van der Waals surface area contributed by atoms with Crippen LogP contribution in [-0.2, 0) is 17.8 Å². The molecule has 4 heteroatoms. The first kappa shape index (κ1) is 9.03. The minimum Gasteiger partial charge on any atom is -0.337 e. The molecular weight excluding hydrogens is 206 g/mol. The molecule has 2 rings (SSSR count). The molecule has 2 nitrogen and oxygen atoms in total. The third-order valence-electron chi connectivity index (χ3n) is 2.27. The van der Waals surface area contributed by atoms with Crippen molar-refractivity contribution in [3.8, 4) is 0 Å². The molecule has 0 fully saturated rings. The first-order valence-corrected chi connectivity index (χ1v) is 5.61. The van der Waals surface area contributed by atoms with Crippen LogP contribution >= 0.6 is 22.9 Å². The number of halogens is 1. The number of hydrogen-bond acceptors (Lipinski definition) is 2. The van der Waals surface area contributed by atoms with E-state index in [1.54, 1.807) is 11.3 Å². The third-order valence-corrected chi connectivity index (χ3v) is 3.53. The maximum atomic E-state index is 11.3. The summed E-state index contributed by atoms with van der Waals surface area (Å²) in [4.78, 5) is 14.5. The van der Waals surface area contributed by atoms with Gasteiger partial charge in [-0.3, -0.25) is 4.79 Å². The number of amides is 1. The maximum Gasteiger partial charge on any atom is 0.237 e. The van der Waals surface area contributed by atoms with Gasteiger partial charge in [-0.25, -0.2) is 0 Å². The lowest BCUT2D eigenvalue weighted by Gasteiger charge is -2.26. The molecule has 1 aliphatic heterocycles. The summed E-state index contributed by atoms with van der Waals surface area (Å²) in [6.07, 6.45) is 0.982. The molecule has 0 spiro atoms. The Hall–Kier alpha value is -0.540. The van der Waals surface area contributed by atoms with Crippen LogP contribution in [0.25, 0.3) is 0 Å². The Balaban J connectivity index is 2.13. The van der Waals surface area contributed by atoms with Gasteiger partial charge in [-0.15, -0.1) is 22.9 Å². The molecule has 1 amide bonds. The second kappa shape index (κ2) is 3.68. The van der Waals surface area contributed by atoms with Gasteiger partial charge in [0.2, 0.25) is 5.91 Å². The Morgan fingerprint density at radius 1 is 1.69 bits per heavy atom. The van der Waals surface area contributed by atoms with Crippen molar-refractivity contribution in [1.29, 1.82) is 0 Å². The number of hydrogen-bond donors (Lipinski definition) is 0. The van der Waals surface area contributed by atoms with Crippen molar-refractivity contribution in [3.05, 3.63) is 21.9 Å². The van der Waals surface area contributed by atoms with Crippen LogP contribution in [0.3, 0.4) is 0 Å². The van der Waals surface area contributed by atoms with Crippen LogP contribution in [-0.4, -0.2) is 23.2 Å². The number of carbonyl (C=O) groups excluding carboxylic acids is 1. The monoisotopic (exact) mass is 215 g/mol. The van der Waals surface area contributed by atoms with E-state index >= 15 is 0 Å². The van der Waals surface area contributed by atoms with E-state index in [0.29, 0.717) is 0 Å². The Morgan fingerprint density at radius 3 is 3.31 bits per heavy atom. The van der Waals surface area contributed by atoms with E-state index in [-0.39, 0.29) is 11.8 Å². The van der Waals surface area contributed by atoms with Crippen molar-refractivity contribution < 1.29 is 4.79 Å². The van der Waals surface area contributed by atoms with Crippen LogP contribution in [0.5, 0.6) is 0 Å². The number of rotatable bonds is 1. The molecule has 0 N–H and O–H groups in total. The molecule has 0 unspecified atom stereocenters. The quantitative estimate of drug-likeness (QED) is 0.655. The summed E-state index contributed by atoms with van der Waals surface area (Å²) in [6, 6.07) is 2.09. The molecule has 0 aliphatic carbocycles. The lowest BCUT2D eigenvalue weighted by Crippen LogP contribution is -2.36. The topological polar surface area (TPSA) is 20.3 Å². The molecule has 0 atom stereocenters. The van der Waals surface area contributed by atoms with E-state index in [1.807, 2.05) is 4.90 Å². The summed E-state index contributed by atoms with van der Waals surface area (Å²) in [5.41, 5.74) is 1.29. The minimum absolute atomic E-state index is 0.0403.